The molecule has 0 rings (SSSR count). The Balaban J connectivity index is 4.76. The number of esters is 3. The van der Waals surface area contributed by atoms with Crippen LogP contribution in [0.5, 0.6) is 0 Å². The molecule has 0 aromatic carbocycles. The van der Waals surface area contributed by atoms with Crippen molar-refractivity contribution in [3.8, 4) is 0 Å². The zero-order chi connectivity index (χ0) is 18.4. The van der Waals surface area contributed by atoms with Gasteiger partial charge in [0.15, 0.2) is 6.10 Å². The van der Waals surface area contributed by atoms with Gasteiger partial charge in [-0.3, -0.25) is 0 Å². The standard InChI is InChI=1S/C13H16F4O6/c1-7(2)9(18)23-8(5-21-10(19)12(3,14)15)6-22-11(20)13(4,16)17/h8H,1,5-6H2,2-4H3. The first-order valence-electron chi connectivity index (χ1n) is 6.21. The van der Waals surface area contributed by atoms with E-state index in [0.717, 1.165) is 0 Å². The van der Waals surface area contributed by atoms with Crippen LogP contribution in [0.4, 0.5) is 17.6 Å². The number of hydrogen-bond acceptors (Lipinski definition) is 6. The average Bonchev–Trinajstić information content (AvgIpc) is 2.38. The molecular formula is C13H16F4O6. The monoisotopic (exact) mass is 344 g/mol. The highest BCUT2D eigenvalue weighted by atomic mass is 19.3. The van der Waals surface area contributed by atoms with Crippen molar-refractivity contribution in [3.05, 3.63) is 12.2 Å². The van der Waals surface area contributed by atoms with E-state index in [0.29, 0.717) is 0 Å². The minimum Gasteiger partial charge on any atom is -0.457 e. The van der Waals surface area contributed by atoms with Gasteiger partial charge in [-0.15, -0.1) is 0 Å². The first-order chi connectivity index (χ1) is 10.2. The Morgan fingerprint density at radius 2 is 1.30 bits per heavy atom. The molecule has 0 fully saturated rings. The summed E-state index contributed by atoms with van der Waals surface area (Å²) < 4.78 is 63.6. The van der Waals surface area contributed by atoms with E-state index >= 15 is 0 Å². The van der Waals surface area contributed by atoms with Gasteiger partial charge in [-0.25, -0.2) is 14.4 Å². The van der Waals surface area contributed by atoms with Gasteiger partial charge in [-0.1, -0.05) is 6.58 Å². The second-order valence-corrected chi connectivity index (χ2v) is 4.78. The summed E-state index contributed by atoms with van der Waals surface area (Å²) in [6, 6.07) is 0. The smallest absolute Gasteiger partial charge is 0.376 e. The number of ether oxygens (including phenoxy) is 3. The van der Waals surface area contributed by atoms with Crippen LogP contribution in [0, 0.1) is 0 Å². The Morgan fingerprint density at radius 3 is 1.57 bits per heavy atom. The molecule has 0 bridgehead atoms. The topological polar surface area (TPSA) is 78.9 Å². The summed E-state index contributed by atoms with van der Waals surface area (Å²) in [7, 11) is 0. The van der Waals surface area contributed by atoms with Gasteiger partial charge in [0.25, 0.3) is 0 Å². The quantitative estimate of drug-likeness (QED) is 0.289. The van der Waals surface area contributed by atoms with Gasteiger partial charge in [0, 0.05) is 19.4 Å². The van der Waals surface area contributed by atoms with E-state index in [-0.39, 0.29) is 19.4 Å². The molecule has 6 nitrogen and oxygen atoms in total. The summed E-state index contributed by atoms with van der Waals surface area (Å²) in [5.41, 5.74) is -0.0886. The Morgan fingerprint density at radius 1 is 0.957 bits per heavy atom. The third kappa shape index (κ3) is 8.17. The van der Waals surface area contributed by atoms with Crippen LogP contribution in [-0.2, 0) is 28.6 Å². The van der Waals surface area contributed by atoms with Crippen LogP contribution in [0.1, 0.15) is 20.8 Å². The first kappa shape index (κ1) is 20.9. The second-order valence-electron chi connectivity index (χ2n) is 4.78. The van der Waals surface area contributed by atoms with Crippen LogP contribution in [0.3, 0.4) is 0 Å². The third-order valence-electron chi connectivity index (χ3n) is 2.14. The van der Waals surface area contributed by atoms with Gasteiger partial charge in [0.05, 0.1) is 0 Å². The highest BCUT2D eigenvalue weighted by molar-refractivity contribution is 5.87. The zero-order valence-corrected chi connectivity index (χ0v) is 12.7. The molecule has 0 aliphatic rings. The lowest BCUT2D eigenvalue weighted by molar-refractivity contribution is -0.183. The maximum atomic E-state index is 12.6. The molecule has 0 heterocycles. The molecule has 0 radical (unpaired) electrons. The van der Waals surface area contributed by atoms with Crippen molar-refractivity contribution in [2.75, 3.05) is 13.2 Å². The lowest BCUT2D eigenvalue weighted by atomic mass is 10.3. The van der Waals surface area contributed by atoms with Crippen LogP contribution in [0.2, 0.25) is 0 Å². The van der Waals surface area contributed by atoms with E-state index in [1.807, 2.05) is 0 Å². The van der Waals surface area contributed by atoms with Crippen molar-refractivity contribution in [1.29, 1.82) is 0 Å². The van der Waals surface area contributed by atoms with E-state index in [4.69, 9.17) is 0 Å². The van der Waals surface area contributed by atoms with Crippen LogP contribution >= 0.6 is 0 Å². The third-order valence-corrected chi connectivity index (χ3v) is 2.14. The Bertz CT molecular complexity index is 448. The predicted molar refractivity (Wildman–Crippen MR) is 67.9 cm³/mol. The number of halogens is 4. The van der Waals surface area contributed by atoms with E-state index in [1.54, 1.807) is 0 Å². The molecule has 0 N–H and O–H groups in total. The predicted octanol–water partition coefficient (Wildman–Crippen LogP) is 1.87. The molecule has 0 amide bonds. The molecular weight excluding hydrogens is 328 g/mol. The second kappa shape index (κ2) is 7.93. The highest BCUT2D eigenvalue weighted by Crippen LogP contribution is 2.16. The minimum atomic E-state index is -3.80. The van der Waals surface area contributed by atoms with E-state index in [9.17, 15) is 31.9 Å². The fraction of sp³-hybridized carbons (Fsp3) is 0.615. The van der Waals surface area contributed by atoms with Gasteiger partial charge < -0.3 is 14.2 Å². The number of hydrogen-bond donors (Lipinski definition) is 0. The molecule has 0 aromatic heterocycles. The molecule has 23 heavy (non-hydrogen) atoms. The number of alkyl halides is 4. The van der Waals surface area contributed by atoms with Gasteiger partial charge in [-0.05, 0) is 6.92 Å². The molecule has 132 valence electrons. The number of carbonyl (C=O) groups is 3. The normalized spacial score (nSPS) is 11.8. The summed E-state index contributed by atoms with van der Waals surface area (Å²) in [5, 5.41) is 0. The molecule has 10 heteroatoms. The summed E-state index contributed by atoms with van der Waals surface area (Å²) in [6.45, 7) is 3.24. The molecule has 0 aliphatic carbocycles. The number of rotatable bonds is 8. The summed E-state index contributed by atoms with van der Waals surface area (Å²) in [6.07, 6.45) is -1.54. The average molecular weight is 344 g/mol. The Kier molecular flexibility index (Phi) is 7.20. The Labute approximate surface area is 129 Å². The molecule has 0 saturated heterocycles. The molecule has 0 unspecified atom stereocenters. The number of carbonyl (C=O) groups excluding carboxylic acids is 3. The minimum absolute atomic E-state index is 0.0886. The largest absolute Gasteiger partial charge is 0.457 e. The summed E-state index contributed by atoms with van der Waals surface area (Å²) in [4.78, 5) is 33.2. The molecule has 0 aromatic rings. The lowest BCUT2D eigenvalue weighted by Gasteiger charge is -2.20. The van der Waals surface area contributed by atoms with Gasteiger partial charge in [0.1, 0.15) is 13.2 Å². The maximum absolute atomic E-state index is 12.6. The van der Waals surface area contributed by atoms with Crippen molar-refractivity contribution in [2.24, 2.45) is 0 Å². The van der Waals surface area contributed by atoms with Crippen molar-refractivity contribution < 1.29 is 46.2 Å². The highest BCUT2D eigenvalue weighted by Gasteiger charge is 2.37. The zero-order valence-electron chi connectivity index (χ0n) is 12.7. The van der Waals surface area contributed by atoms with E-state index in [2.05, 4.69) is 20.8 Å². The Hall–Kier alpha value is -2.13. The van der Waals surface area contributed by atoms with Crippen molar-refractivity contribution in [3.63, 3.8) is 0 Å². The fourth-order valence-electron chi connectivity index (χ4n) is 0.959. The van der Waals surface area contributed by atoms with Crippen molar-refractivity contribution in [2.45, 2.75) is 38.7 Å². The van der Waals surface area contributed by atoms with Gasteiger partial charge in [-0.2, -0.15) is 17.6 Å². The maximum Gasteiger partial charge on any atom is 0.376 e. The van der Waals surface area contributed by atoms with Crippen LogP contribution in [0.15, 0.2) is 12.2 Å². The van der Waals surface area contributed by atoms with E-state index in [1.165, 1.54) is 6.92 Å². The van der Waals surface area contributed by atoms with Gasteiger partial charge >= 0.3 is 29.8 Å². The molecule has 0 aliphatic heterocycles. The SMILES string of the molecule is C=C(C)C(=O)OC(COC(=O)C(C)(F)F)COC(=O)C(C)(F)F. The van der Waals surface area contributed by atoms with E-state index < -0.39 is 49.1 Å². The lowest BCUT2D eigenvalue weighted by Crippen LogP contribution is -2.36. The van der Waals surface area contributed by atoms with Crippen LogP contribution in [0.25, 0.3) is 0 Å². The summed E-state index contributed by atoms with van der Waals surface area (Å²) >= 11 is 0. The molecule has 0 saturated carbocycles. The summed E-state index contributed by atoms with van der Waals surface area (Å²) in [5.74, 6) is -12.4. The van der Waals surface area contributed by atoms with Crippen molar-refractivity contribution in [1.82, 2.24) is 0 Å². The van der Waals surface area contributed by atoms with Crippen molar-refractivity contribution >= 4 is 17.9 Å². The molecule has 0 atom stereocenters. The van der Waals surface area contributed by atoms with Crippen LogP contribution < -0.4 is 0 Å². The van der Waals surface area contributed by atoms with Crippen LogP contribution in [-0.4, -0.2) is 49.1 Å². The van der Waals surface area contributed by atoms with Gasteiger partial charge in [0.2, 0.25) is 0 Å². The first-order valence-corrected chi connectivity index (χ1v) is 6.21. The molecule has 0 spiro atoms. The fourth-order valence-corrected chi connectivity index (χ4v) is 0.959.